The second kappa shape index (κ2) is 7.79. The summed E-state index contributed by atoms with van der Waals surface area (Å²) in [6.07, 6.45) is 4.10. The van der Waals surface area contributed by atoms with Gasteiger partial charge in [0.15, 0.2) is 5.75 Å². The van der Waals surface area contributed by atoms with Crippen molar-refractivity contribution in [3.63, 3.8) is 0 Å². The highest BCUT2D eigenvalue weighted by molar-refractivity contribution is 7.89. The Labute approximate surface area is 183 Å². The quantitative estimate of drug-likeness (QED) is 0.423. The van der Waals surface area contributed by atoms with Gasteiger partial charge in [0.1, 0.15) is 11.3 Å². The lowest BCUT2D eigenvalue weighted by Gasteiger charge is -2.12. The number of pyridine rings is 1. The number of fused-ring (bicyclic) bond motifs is 2. The maximum absolute atomic E-state index is 13.2. The summed E-state index contributed by atoms with van der Waals surface area (Å²) in [4.78, 5) is 16.8. The highest BCUT2D eigenvalue weighted by atomic mass is 32.2. The van der Waals surface area contributed by atoms with Crippen molar-refractivity contribution in [2.24, 2.45) is 7.05 Å². The molecule has 0 fully saturated rings. The zero-order valence-electron chi connectivity index (χ0n) is 17.3. The first-order valence-corrected chi connectivity index (χ1v) is 11.5. The molecule has 3 N–H and O–H groups in total. The summed E-state index contributed by atoms with van der Waals surface area (Å²) in [5, 5.41) is 22.2. The molecule has 0 saturated carbocycles. The number of carbonyl (C=O) groups excluding carboxylic acids is 1. The number of amides is 1. The first kappa shape index (κ1) is 21.6. The van der Waals surface area contributed by atoms with E-state index < -0.39 is 15.9 Å². The minimum Gasteiger partial charge on any atom is -0.505 e. The molecular formula is C22H20FN3O5S. The maximum Gasteiger partial charge on any atom is 0.237 e. The number of benzene rings is 2. The molecule has 0 atom stereocenters. The third kappa shape index (κ3) is 4.09. The fraction of sp³-hybridized carbons (Fsp3) is 0.182. The van der Waals surface area contributed by atoms with Gasteiger partial charge >= 0.3 is 0 Å². The van der Waals surface area contributed by atoms with E-state index >= 15 is 0 Å². The van der Waals surface area contributed by atoms with E-state index in [2.05, 4.69) is 4.98 Å². The summed E-state index contributed by atoms with van der Waals surface area (Å²) in [5.41, 5.74) is 2.17. The summed E-state index contributed by atoms with van der Waals surface area (Å²) in [5.74, 6) is -1.55. The van der Waals surface area contributed by atoms with Gasteiger partial charge in [-0.1, -0.05) is 12.1 Å². The molecule has 0 bridgehead atoms. The van der Waals surface area contributed by atoms with Gasteiger partial charge in [-0.2, -0.15) is 0 Å². The zero-order chi connectivity index (χ0) is 23.2. The summed E-state index contributed by atoms with van der Waals surface area (Å²) in [7, 11) is -2.19. The standard InChI is InChI=1S/C22H20FN3O5S/c1-26-11-17-15(9-18(27)25-32(2,30)31)16-8-13(7-12-3-5-14(23)6-4-12)10-24-20(16)21(28)19(17)22(26)29/h3-6,8,10-11,28-29H,7,9H2,1-2H3,(H,25,27). The van der Waals surface area contributed by atoms with Crippen molar-refractivity contribution in [1.82, 2.24) is 14.3 Å². The summed E-state index contributed by atoms with van der Waals surface area (Å²) >= 11 is 0. The highest BCUT2D eigenvalue weighted by Crippen LogP contribution is 2.42. The number of hydrogen-bond donors (Lipinski definition) is 3. The van der Waals surface area contributed by atoms with Crippen molar-refractivity contribution in [1.29, 1.82) is 0 Å². The molecule has 166 valence electrons. The molecule has 2 heterocycles. The zero-order valence-corrected chi connectivity index (χ0v) is 18.1. The van der Waals surface area contributed by atoms with E-state index in [-0.39, 0.29) is 34.8 Å². The Morgan fingerprint density at radius 1 is 1.16 bits per heavy atom. The van der Waals surface area contributed by atoms with Crippen LogP contribution in [-0.2, 0) is 34.7 Å². The molecular weight excluding hydrogens is 437 g/mol. The lowest BCUT2D eigenvalue weighted by Crippen LogP contribution is -2.30. The van der Waals surface area contributed by atoms with E-state index in [0.717, 1.165) is 17.4 Å². The van der Waals surface area contributed by atoms with E-state index in [4.69, 9.17) is 0 Å². The fourth-order valence-corrected chi connectivity index (χ4v) is 4.28. The van der Waals surface area contributed by atoms with Crippen LogP contribution in [0.25, 0.3) is 21.7 Å². The summed E-state index contributed by atoms with van der Waals surface area (Å²) < 4.78 is 39.5. The van der Waals surface area contributed by atoms with E-state index in [9.17, 15) is 27.8 Å². The van der Waals surface area contributed by atoms with Gasteiger partial charge in [0.2, 0.25) is 21.8 Å². The van der Waals surface area contributed by atoms with Crippen molar-refractivity contribution in [2.75, 3.05) is 6.26 Å². The van der Waals surface area contributed by atoms with Crippen LogP contribution in [0.1, 0.15) is 16.7 Å². The van der Waals surface area contributed by atoms with Crippen LogP contribution in [0, 0.1) is 5.82 Å². The van der Waals surface area contributed by atoms with Gasteiger partial charge in [0.05, 0.1) is 18.1 Å². The number of nitrogens with one attached hydrogen (secondary N) is 1. The maximum atomic E-state index is 13.2. The predicted molar refractivity (Wildman–Crippen MR) is 117 cm³/mol. The molecule has 0 aliphatic carbocycles. The van der Waals surface area contributed by atoms with E-state index in [0.29, 0.717) is 22.8 Å². The smallest absolute Gasteiger partial charge is 0.237 e. The largest absolute Gasteiger partial charge is 0.505 e. The minimum absolute atomic E-state index is 0.126. The Bertz CT molecular complexity index is 1480. The number of phenols is 1. The molecule has 32 heavy (non-hydrogen) atoms. The molecule has 0 radical (unpaired) electrons. The van der Waals surface area contributed by atoms with Crippen LogP contribution in [0.4, 0.5) is 4.39 Å². The van der Waals surface area contributed by atoms with Gasteiger partial charge in [-0.3, -0.25) is 14.5 Å². The molecule has 0 aliphatic rings. The molecule has 2 aromatic heterocycles. The lowest BCUT2D eigenvalue weighted by molar-refractivity contribution is -0.118. The molecule has 4 aromatic rings. The first-order valence-electron chi connectivity index (χ1n) is 9.59. The van der Waals surface area contributed by atoms with Gasteiger partial charge < -0.3 is 14.8 Å². The summed E-state index contributed by atoms with van der Waals surface area (Å²) in [6.45, 7) is 0. The fourth-order valence-electron chi connectivity index (χ4n) is 3.80. The Balaban J connectivity index is 1.90. The van der Waals surface area contributed by atoms with Crippen LogP contribution >= 0.6 is 0 Å². The molecule has 10 heteroatoms. The van der Waals surface area contributed by atoms with Gasteiger partial charge in [-0.05, 0) is 41.3 Å². The molecule has 1 amide bonds. The van der Waals surface area contributed by atoms with Gasteiger partial charge in [-0.25, -0.2) is 12.8 Å². The van der Waals surface area contributed by atoms with Gasteiger partial charge in [-0.15, -0.1) is 0 Å². The van der Waals surface area contributed by atoms with Crippen LogP contribution < -0.4 is 4.72 Å². The minimum atomic E-state index is -3.76. The normalized spacial score (nSPS) is 11.8. The van der Waals surface area contributed by atoms with E-state index in [1.165, 1.54) is 16.7 Å². The number of aryl methyl sites for hydroxylation is 1. The second-order valence-corrected chi connectivity index (χ2v) is 9.45. The molecule has 0 saturated heterocycles. The van der Waals surface area contributed by atoms with Crippen LogP contribution in [0.15, 0.2) is 42.7 Å². The van der Waals surface area contributed by atoms with Crippen molar-refractivity contribution in [2.45, 2.75) is 12.8 Å². The summed E-state index contributed by atoms with van der Waals surface area (Å²) in [6, 6.07) is 7.75. The average molecular weight is 457 g/mol. The topological polar surface area (TPSA) is 122 Å². The molecule has 8 nitrogen and oxygen atoms in total. The number of nitrogens with zero attached hydrogens (tertiary/aromatic N) is 2. The lowest BCUT2D eigenvalue weighted by atomic mass is 9.96. The van der Waals surface area contributed by atoms with Gasteiger partial charge in [0, 0.05) is 30.2 Å². The number of hydrogen-bond acceptors (Lipinski definition) is 6. The average Bonchev–Trinajstić information content (AvgIpc) is 3.00. The van der Waals surface area contributed by atoms with Crippen molar-refractivity contribution >= 4 is 37.6 Å². The van der Waals surface area contributed by atoms with Crippen molar-refractivity contribution in [3.8, 4) is 11.6 Å². The number of aromatic hydroxyl groups is 2. The first-order chi connectivity index (χ1) is 15.0. The Hall–Kier alpha value is -3.66. The highest BCUT2D eigenvalue weighted by Gasteiger charge is 2.22. The Morgan fingerprint density at radius 2 is 1.84 bits per heavy atom. The SMILES string of the molecule is Cn1cc2c(CC(=O)NS(C)(=O)=O)c3cc(Cc4ccc(F)cc4)cnc3c(O)c2c1O. The van der Waals surface area contributed by atoms with Crippen molar-refractivity contribution in [3.05, 3.63) is 65.2 Å². The number of carbonyl (C=O) groups is 1. The van der Waals surface area contributed by atoms with E-state index in [1.54, 1.807) is 37.6 Å². The predicted octanol–water partition coefficient (Wildman–Crippen LogP) is 2.49. The molecule has 4 rings (SSSR count). The Kier molecular flexibility index (Phi) is 5.25. The molecule has 2 aromatic carbocycles. The third-order valence-corrected chi connectivity index (χ3v) is 5.76. The van der Waals surface area contributed by atoms with Crippen LogP contribution in [-0.4, -0.2) is 40.3 Å². The molecule has 0 aliphatic heterocycles. The van der Waals surface area contributed by atoms with Gasteiger partial charge in [0.25, 0.3) is 0 Å². The number of sulfonamides is 1. The van der Waals surface area contributed by atoms with Crippen molar-refractivity contribution < 1.29 is 27.8 Å². The number of halogens is 1. The molecule has 0 spiro atoms. The number of aromatic nitrogens is 2. The van der Waals surface area contributed by atoms with Crippen LogP contribution in [0.3, 0.4) is 0 Å². The Morgan fingerprint density at radius 3 is 2.50 bits per heavy atom. The number of rotatable bonds is 5. The van der Waals surface area contributed by atoms with Crippen LogP contribution in [0.2, 0.25) is 0 Å². The molecule has 0 unspecified atom stereocenters. The third-order valence-electron chi connectivity index (χ3n) is 5.16. The number of phenolic OH excluding ortho intramolecular Hbond substituents is 1. The van der Waals surface area contributed by atoms with E-state index in [1.807, 2.05) is 4.72 Å². The monoisotopic (exact) mass is 457 g/mol. The van der Waals surface area contributed by atoms with Crippen LogP contribution in [0.5, 0.6) is 11.6 Å². The second-order valence-electron chi connectivity index (χ2n) is 7.70.